The Labute approximate surface area is 141 Å². The largest absolute Gasteiger partial charge is 0.393 e. The van der Waals surface area contributed by atoms with E-state index in [9.17, 15) is 0 Å². The van der Waals surface area contributed by atoms with Gasteiger partial charge in [-0.05, 0) is 45.0 Å². The van der Waals surface area contributed by atoms with E-state index in [0.717, 1.165) is 41.2 Å². The van der Waals surface area contributed by atoms with Gasteiger partial charge < -0.3 is 16.0 Å². The number of nitrogens with two attached hydrogens (primary N) is 1. The standard InChI is InChI=1S/C18H22N6/c1-4-24(5-2)18-16(19)17(20-11-21-18)23-15-8-6-7-14-13(15)10-9-12(3)22-14/h6-11H,4-5,19H2,1-3H3,(H,20,21,23). The van der Waals surface area contributed by atoms with Crippen LogP contribution in [-0.4, -0.2) is 28.0 Å². The first-order chi connectivity index (χ1) is 11.6. The Morgan fingerprint density at radius 1 is 1.08 bits per heavy atom. The predicted molar refractivity (Wildman–Crippen MR) is 99.8 cm³/mol. The van der Waals surface area contributed by atoms with Crippen molar-refractivity contribution in [2.24, 2.45) is 0 Å². The number of benzene rings is 1. The van der Waals surface area contributed by atoms with Crippen molar-refractivity contribution in [2.75, 3.05) is 29.0 Å². The number of rotatable bonds is 5. The fourth-order valence-electron chi connectivity index (χ4n) is 2.75. The van der Waals surface area contributed by atoms with Gasteiger partial charge in [0.2, 0.25) is 0 Å². The smallest absolute Gasteiger partial charge is 0.159 e. The highest BCUT2D eigenvalue weighted by Crippen LogP contribution is 2.31. The van der Waals surface area contributed by atoms with Crippen molar-refractivity contribution in [3.63, 3.8) is 0 Å². The summed E-state index contributed by atoms with van der Waals surface area (Å²) in [6, 6.07) is 10.0. The number of anilines is 4. The topological polar surface area (TPSA) is 80.0 Å². The summed E-state index contributed by atoms with van der Waals surface area (Å²) in [5.41, 5.74) is 9.72. The van der Waals surface area contributed by atoms with Gasteiger partial charge in [-0.1, -0.05) is 6.07 Å². The SMILES string of the molecule is CCN(CC)c1ncnc(Nc2cccc3nc(C)ccc23)c1N. The second-order valence-electron chi connectivity index (χ2n) is 5.58. The first-order valence-corrected chi connectivity index (χ1v) is 8.12. The van der Waals surface area contributed by atoms with E-state index >= 15 is 0 Å². The zero-order chi connectivity index (χ0) is 17.1. The zero-order valence-corrected chi connectivity index (χ0v) is 14.2. The minimum atomic E-state index is 0.554. The fraction of sp³-hybridized carbons (Fsp3) is 0.278. The van der Waals surface area contributed by atoms with Crippen LogP contribution in [0.3, 0.4) is 0 Å². The molecule has 0 radical (unpaired) electrons. The summed E-state index contributed by atoms with van der Waals surface area (Å²) in [6.45, 7) is 7.83. The maximum absolute atomic E-state index is 6.31. The molecule has 3 N–H and O–H groups in total. The number of nitrogen functional groups attached to an aromatic ring is 1. The van der Waals surface area contributed by atoms with E-state index in [-0.39, 0.29) is 0 Å². The number of aromatic nitrogens is 3. The summed E-state index contributed by atoms with van der Waals surface area (Å²) in [7, 11) is 0. The van der Waals surface area contributed by atoms with Crippen LogP contribution in [-0.2, 0) is 0 Å². The van der Waals surface area contributed by atoms with Gasteiger partial charge in [-0.3, -0.25) is 4.98 Å². The number of hydrogen-bond donors (Lipinski definition) is 2. The van der Waals surface area contributed by atoms with Crippen molar-refractivity contribution in [2.45, 2.75) is 20.8 Å². The highest BCUT2D eigenvalue weighted by atomic mass is 15.2. The molecular formula is C18H22N6. The second-order valence-corrected chi connectivity index (χ2v) is 5.58. The van der Waals surface area contributed by atoms with Crippen molar-refractivity contribution >= 4 is 33.9 Å². The number of nitrogens with one attached hydrogen (secondary N) is 1. The second kappa shape index (κ2) is 6.70. The van der Waals surface area contributed by atoms with Gasteiger partial charge in [0.05, 0.1) is 5.52 Å². The van der Waals surface area contributed by atoms with Gasteiger partial charge in [0, 0.05) is 29.9 Å². The molecule has 2 heterocycles. The molecule has 0 aliphatic heterocycles. The molecule has 0 spiro atoms. The zero-order valence-electron chi connectivity index (χ0n) is 14.2. The van der Waals surface area contributed by atoms with Crippen LogP contribution in [0, 0.1) is 6.92 Å². The molecule has 0 saturated carbocycles. The van der Waals surface area contributed by atoms with E-state index in [2.05, 4.69) is 45.1 Å². The van der Waals surface area contributed by atoms with Crippen LogP contribution in [0.15, 0.2) is 36.7 Å². The van der Waals surface area contributed by atoms with Crippen molar-refractivity contribution in [3.05, 3.63) is 42.4 Å². The van der Waals surface area contributed by atoms with Crippen molar-refractivity contribution in [1.29, 1.82) is 0 Å². The van der Waals surface area contributed by atoms with E-state index in [1.54, 1.807) is 6.33 Å². The van der Waals surface area contributed by atoms with E-state index in [1.165, 1.54) is 0 Å². The average Bonchev–Trinajstić information content (AvgIpc) is 2.59. The molecule has 1 aromatic carbocycles. The van der Waals surface area contributed by atoms with Gasteiger partial charge in [0.15, 0.2) is 11.6 Å². The molecule has 0 aliphatic carbocycles. The molecule has 24 heavy (non-hydrogen) atoms. The predicted octanol–water partition coefficient (Wildman–Crippen LogP) is 3.51. The van der Waals surface area contributed by atoms with Crippen LogP contribution in [0.2, 0.25) is 0 Å². The lowest BCUT2D eigenvalue weighted by molar-refractivity contribution is 0.844. The van der Waals surface area contributed by atoms with Crippen LogP contribution in [0.4, 0.5) is 23.0 Å². The van der Waals surface area contributed by atoms with Crippen LogP contribution < -0.4 is 16.0 Å². The van der Waals surface area contributed by atoms with Crippen LogP contribution in [0.1, 0.15) is 19.5 Å². The number of nitrogens with zero attached hydrogens (tertiary/aromatic N) is 4. The monoisotopic (exact) mass is 322 g/mol. The summed E-state index contributed by atoms with van der Waals surface area (Å²) in [5, 5.41) is 4.37. The summed E-state index contributed by atoms with van der Waals surface area (Å²) >= 11 is 0. The molecule has 0 atom stereocenters. The Bertz CT molecular complexity index is 857. The van der Waals surface area contributed by atoms with E-state index in [0.29, 0.717) is 11.5 Å². The minimum Gasteiger partial charge on any atom is -0.393 e. The Kier molecular flexibility index (Phi) is 4.46. The third-order valence-electron chi connectivity index (χ3n) is 4.05. The van der Waals surface area contributed by atoms with E-state index < -0.39 is 0 Å². The third kappa shape index (κ3) is 2.95. The maximum Gasteiger partial charge on any atom is 0.159 e. The number of pyridine rings is 1. The van der Waals surface area contributed by atoms with E-state index in [4.69, 9.17) is 5.73 Å². The van der Waals surface area contributed by atoms with Crippen LogP contribution >= 0.6 is 0 Å². The Morgan fingerprint density at radius 2 is 1.88 bits per heavy atom. The highest BCUT2D eigenvalue weighted by molar-refractivity contribution is 5.94. The third-order valence-corrected chi connectivity index (χ3v) is 4.05. The molecule has 0 fully saturated rings. The lowest BCUT2D eigenvalue weighted by Gasteiger charge is -2.22. The van der Waals surface area contributed by atoms with Crippen molar-refractivity contribution in [3.8, 4) is 0 Å². The molecule has 0 amide bonds. The lowest BCUT2D eigenvalue weighted by atomic mass is 10.1. The van der Waals surface area contributed by atoms with Gasteiger partial charge in [-0.15, -0.1) is 0 Å². The molecular weight excluding hydrogens is 300 g/mol. The Balaban J connectivity index is 2.02. The number of hydrogen-bond acceptors (Lipinski definition) is 6. The average molecular weight is 322 g/mol. The minimum absolute atomic E-state index is 0.554. The molecule has 0 bridgehead atoms. The van der Waals surface area contributed by atoms with Gasteiger partial charge in [-0.2, -0.15) is 0 Å². The van der Waals surface area contributed by atoms with Crippen molar-refractivity contribution in [1.82, 2.24) is 15.0 Å². The summed E-state index contributed by atoms with van der Waals surface area (Å²) < 4.78 is 0. The highest BCUT2D eigenvalue weighted by Gasteiger charge is 2.13. The molecule has 124 valence electrons. The summed E-state index contributed by atoms with van der Waals surface area (Å²) in [5.74, 6) is 1.37. The van der Waals surface area contributed by atoms with Gasteiger partial charge in [-0.25, -0.2) is 9.97 Å². The molecule has 2 aromatic heterocycles. The lowest BCUT2D eigenvalue weighted by Crippen LogP contribution is -2.24. The number of fused-ring (bicyclic) bond motifs is 1. The van der Waals surface area contributed by atoms with Crippen LogP contribution in [0.25, 0.3) is 10.9 Å². The molecule has 0 saturated heterocycles. The molecule has 3 rings (SSSR count). The van der Waals surface area contributed by atoms with Crippen molar-refractivity contribution < 1.29 is 0 Å². The molecule has 0 unspecified atom stereocenters. The first-order valence-electron chi connectivity index (χ1n) is 8.12. The van der Waals surface area contributed by atoms with Gasteiger partial charge >= 0.3 is 0 Å². The Hall–Kier alpha value is -2.89. The quantitative estimate of drug-likeness (QED) is 0.748. The molecule has 6 heteroatoms. The van der Waals surface area contributed by atoms with Crippen LogP contribution in [0.5, 0.6) is 0 Å². The van der Waals surface area contributed by atoms with Gasteiger partial charge in [0.1, 0.15) is 12.0 Å². The van der Waals surface area contributed by atoms with E-state index in [1.807, 2.05) is 31.2 Å². The van der Waals surface area contributed by atoms with Gasteiger partial charge in [0.25, 0.3) is 0 Å². The normalized spacial score (nSPS) is 10.8. The summed E-state index contributed by atoms with van der Waals surface area (Å²) in [6.07, 6.45) is 1.54. The first kappa shape index (κ1) is 16.0. The fourth-order valence-corrected chi connectivity index (χ4v) is 2.75. The maximum atomic E-state index is 6.31. The number of aryl methyl sites for hydroxylation is 1. The Morgan fingerprint density at radius 3 is 2.62 bits per heavy atom. The molecule has 0 aliphatic rings. The molecule has 3 aromatic rings. The molecule has 6 nitrogen and oxygen atoms in total. The summed E-state index contributed by atoms with van der Waals surface area (Å²) in [4.78, 5) is 15.3.